The first kappa shape index (κ1) is 30.4. The highest BCUT2D eigenvalue weighted by molar-refractivity contribution is 8.93. The Kier molecular flexibility index (Phi) is 9.23. The molecule has 0 bridgehead atoms. The monoisotopic (exact) mass is 573 g/mol. The first-order valence-corrected chi connectivity index (χ1v) is 12.5. The van der Waals surface area contributed by atoms with Gasteiger partial charge in [0.05, 0.1) is 18.7 Å². The lowest BCUT2D eigenvalue weighted by Crippen LogP contribution is -2.31. The molecule has 3 N–H and O–H groups in total. The molecule has 1 heterocycles. The van der Waals surface area contributed by atoms with Crippen LogP contribution in [0.5, 0.6) is 11.5 Å². The Hall–Kier alpha value is -2.87. The number of ether oxygens (including phenoxy) is 1. The van der Waals surface area contributed by atoms with Crippen LogP contribution in [-0.4, -0.2) is 47.7 Å². The molecule has 37 heavy (non-hydrogen) atoms. The number of amidine groups is 1. The van der Waals surface area contributed by atoms with E-state index < -0.39 is 0 Å². The number of Topliss-reactive ketones (excluding diaryl/α,β-unsaturated/α-hetero) is 1. The second-order valence-electron chi connectivity index (χ2n) is 11.5. The van der Waals surface area contributed by atoms with Crippen LogP contribution in [0.25, 0.3) is 0 Å². The Morgan fingerprint density at radius 3 is 2.11 bits per heavy atom. The molecule has 0 spiro atoms. The van der Waals surface area contributed by atoms with E-state index in [1.807, 2.05) is 54.5 Å². The Morgan fingerprint density at radius 2 is 1.62 bits per heavy atom. The smallest absolute Gasteiger partial charge is 0.254 e. The number of amides is 1. The zero-order valence-electron chi connectivity index (χ0n) is 23.2. The van der Waals surface area contributed by atoms with Crippen molar-refractivity contribution in [3.8, 4) is 11.5 Å². The lowest BCUT2D eigenvalue weighted by Gasteiger charge is -2.28. The molecular weight excluding hydrogens is 534 g/mol. The molecule has 0 atom stereocenters. The van der Waals surface area contributed by atoms with E-state index in [0.717, 1.165) is 23.1 Å². The van der Waals surface area contributed by atoms with Crippen LogP contribution >= 0.6 is 17.0 Å². The Balaban J connectivity index is 0.00000481. The number of phenols is 1. The predicted octanol–water partition coefficient (Wildman–Crippen LogP) is 5.74. The fourth-order valence-corrected chi connectivity index (χ4v) is 4.41. The van der Waals surface area contributed by atoms with Crippen molar-refractivity contribution < 1.29 is 19.4 Å². The normalized spacial score (nSPS) is 13.2. The van der Waals surface area contributed by atoms with E-state index in [1.54, 1.807) is 30.1 Å². The van der Waals surface area contributed by atoms with Crippen LogP contribution in [-0.2, 0) is 17.4 Å². The van der Waals surface area contributed by atoms with Crippen LogP contribution in [0.1, 0.15) is 97.9 Å². The molecule has 0 saturated carbocycles. The highest BCUT2D eigenvalue weighted by Gasteiger charge is 2.31. The number of nitrogens with zero attached hydrogens (tertiary/aromatic N) is 1. The number of fused-ring (bicyclic) bond motifs is 1. The fraction of sp³-hybridized carbons (Fsp3) is 0.483. The van der Waals surface area contributed by atoms with Crippen molar-refractivity contribution in [1.82, 2.24) is 10.2 Å². The number of rotatable bonds is 7. The molecule has 2 aromatic carbocycles. The highest BCUT2D eigenvalue weighted by Crippen LogP contribution is 2.40. The van der Waals surface area contributed by atoms with Crippen molar-refractivity contribution >= 4 is 34.5 Å². The predicted molar refractivity (Wildman–Crippen MR) is 153 cm³/mol. The minimum atomic E-state index is -0.345. The lowest BCUT2D eigenvalue weighted by atomic mass is 9.78. The van der Waals surface area contributed by atoms with Gasteiger partial charge in [-0.05, 0) is 47.1 Å². The van der Waals surface area contributed by atoms with Crippen molar-refractivity contribution in [3.63, 3.8) is 0 Å². The maximum absolute atomic E-state index is 13.5. The molecular formula is C29H40BrN3O4. The zero-order chi connectivity index (χ0) is 27.0. The Labute approximate surface area is 230 Å². The molecule has 0 saturated heterocycles. The van der Waals surface area contributed by atoms with Gasteiger partial charge >= 0.3 is 0 Å². The summed E-state index contributed by atoms with van der Waals surface area (Å²) in [5.41, 5.74) is 3.14. The SMILES string of the molecule is Br.CCCOc1cc2c(cc1C(=O)NC)C(=N)N(CC(=O)c1cc(C(C)(C)C)c(O)c(C(C)(C)C)c1)C2. The van der Waals surface area contributed by atoms with Crippen LogP contribution in [0.2, 0.25) is 0 Å². The van der Waals surface area contributed by atoms with E-state index in [1.165, 1.54) is 0 Å². The molecule has 7 nitrogen and oxygen atoms in total. The minimum Gasteiger partial charge on any atom is -0.507 e. The topological polar surface area (TPSA) is 103 Å². The van der Waals surface area contributed by atoms with E-state index >= 15 is 0 Å². The molecule has 0 unspecified atom stereocenters. The van der Waals surface area contributed by atoms with E-state index in [4.69, 9.17) is 10.1 Å². The number of aromatic hydroxyl groups is 1. The molecule has 1 aliphatic heterocycles. The molecule has 8 heteroatoms. The molecule has 202 valence electrons. The number of halogens is 1. The van der Waals surface area contributed by atoms with Crippen LogP contribution in [0.15, 0.2) is 24.3 Å². The van der Waals surface area contributed by atoms with Crippen molar-refractivity contribution in [2.24, 2.45) is 0 Å². The first-order valence-electron chi connectivity index (χ1n) is 12.5. The van der Waals surface area contributed by atoms with Crippen LogP contribution in [0, 0.1) is 5.41 Å². The van der Waals surface area contributed by atoms with E-state index in [-0.39, 0.29) is 57.6 Å². The Morgan fingerprint density at radius 1 is 1.05 bits per heavy atom. The van der Waals surface area contributed by atoms with Gasteiger partial charge in [0.15, 0.2) is 5.78 Å². The summed E-state index contributed by atoms with van der Waals surface area (Å²) in [5, 5.41) is 22.3. The number of carbonyl (C=O) groups is 2. The minimum absolute atomic E-state index is 0. The fourth-order valence-electron chi connectivity index (χ4n) is 4.41. The summed E-state index contributed by atoms with van der Waals surface area (Å²) in [6.07, 6.45) is 0.806. The van der Waals surface area contributed by atoms with Crippen molar-refractivity contribution in [1.29, 1.82) is 5.41 Å². The number of ketones is 1. The van der Waals surface area contributed by atoms with Gasteiger partial charge in [-0.3, -0.25) is 15.0 Å². The number of nitrogens with one attached hydrogen (secondary N) is 2. The average Bonchev–Trinajstić information content (AvgIpc) is 3.09. The van der Waals surface area contributed by atoms with Crippen molar-refractivity contribution in [2.75, 3.05) is 20.2 Å². The van der Waals surface area contributed by atoms with Crippen molar-refractivity contribution in [2.45, 2.75) is 72.3 Å². The molecule has 0 aliphatic carbocycles. The molecule has 2 aromatic rings. The third kappa shape index (κ3) is 6.35. The van der Waals surface area contributed by atoms with Crippen LogP contribution in [0.4, 0.5) is 0 Å². The van der Waals surface area contributed by atoms with Gasteiger partial charge in [0.1, 0.15) is 17.3 Å². The number of benzene rings is 2. The molecule has 3 rings (SSSR count). The summed E-state index contributed by atoms with van der Waals surface area (Å²) in [4.78, 5) is 27.7. The molecule has 0 radical (unpaired) electrons. The largest absolute Gasteiger partial charge is 0.507 e. The summed E-state index contributed by atoms with van der Waals surface area (Å²) in [6.45, 7) is 14.9. The summed E-state index contributed by atoms with van der Waals surface area (Å²) in [6, 6.07) is 7.05. The van der Waals surface area contributed by atoms with Gasteiger partial charge in [0.2, 0.25) is 0 Å². The third-order valence-corrected chi connectivity index (χ3v) is 6.45. The quantitative estimate of drug-likeness (QED) is 0.366. The van der Waals surface area contributed by atoms with E-state index in [9.17, 15) is 14.7 Å². The maximum atomic E-state index is 13.5. The van der Waals surface area contributed by atoms with Gasteiger partial charge in [-0.2, -0.15) is 0 Å². The molecule has 1 aliphatic rings. The third-order valence-electron chi connectivity index (χ3n) is 6.45. The van der Waals surface area contributed by atoms with E-state index in [0.29, 0.717) is 35.6 Å². The number of hydrogen-bond donors (Lipinski definition) is 3. The van der Waals surface area contributed by atoms with Gasteiger partial charge in [-0.1, -0.05) is 48.5 Å². The number of phenolic OH excluding ortho intramolecular Hbond substituents is 1. The van der Waals surface area contributed by atoms with Crippen LogP contribution in [0.3, 0.4) is 0 Å². The molecule has 0 fully saturated rings. The van der Waals surface area contributed by atoms with Gasteiger partial charge in [-0.25, -0.2) is 0 Å². The number of hydrogen-bond acceptors (Lipinski definition) is 5. The standard InChI is InChI=1S/C29H39N3O4.BrH/c1-9-10-36-24-13-18-15-32(26(30)19(18)14-20(24)27(35)31-8)16-23(33)17-11-21(28(2,3)4)25(34)22(12-17)29(5,6)7;/h11-14,30,34H,9-10,15-16H2,1-8H3,(H,31,35);1H. The second kappa shape index (κ2) is 11.3. The summed E-state index contributed by atoms with van der Waals surface area (Å²) >= 11 is 0. The van der Waals surface area contributed by atoms with Gasteiger partial charge in [0.25, 0.3) is 5.91 Å². The summed E-state index contributed by atoms with van der Waals surface area (Å²) in [7, 11) is 1.56. The summed E-state index contributed by atoms with van der Waals surface area (Å²) < 4.78 is 5.82. The van der Waals surface area contributed by atoms with Gasteiger partial charge in [0, 0.05) is 35.8 Å². The molecule has 0 aromatic heterocycles. The highest BCUT2D eigenvalue weighted by atomic mass is 79.9. The lowest BCUT2D eigenvalue weighted by molar-refractivity contribution is 0.0952. The van der Waals surface area contributed by atoms with Gasteiger partial charge in [-0.15, -0.1) is 17.0 Å². The van der Waals surface area contributed by atoms with Gasteiger partial charge < -0.3 is 20.1 Å². The summed E-state index contributed by atoms with van der Waals surface area (Å²) in [5.74, 6) is 0.516. The zero-order valence-corrected chi connectivity index (χ0v) is 24.9. The maximum Gasteiger partial charge on any atom is 0.254 e. The second-order valence-corrected chi connectivity index (χ2v) is 11.5. The first-order chi connectivity index (χ1) is 16.7. The average molecular weight is 575 g/mol. The number of carbonyl (C=O) groups excluding carboxylic acids is 2. The van der Waals surface area contributed by atoms with E-state index in [2.05, 4.69) is 5.32 Å². The Bertz CT molecular complexity index is 1170. The molecule has 1 amide bonds. The van der Waals surface area contributed by atoms with Crippen LogP contribution < -0.4 is 10.1 Å². The van der Waals surface area contributed by atoms with Crippen molar-refractivity contribution in [3.05, 3.63) is 57.6 Å².